The van der Waals surface area contributed by atoms with Gasteiger partial charge in [0.25, 0.3) is 0 Å². The first-order valence-corrected chi connectivity index (χ1v) is 7.27. The number of ether oxygens (including phenoxy) is 2. The molecule has 0 aliphatic carbocycles. The molecule has 2 heterocycles. The van der Waals surface area contributed by atoms with Crippen molar-refractivity contribution in [3.05, 3.63) is 35.7 Å². The van der Waals surface area contributed by atoms with E-state index in [0.29, 0.717) is 17.3 Å². The van der Waals surface area contributed by atoms with Gasteiger partial charge in [-0.1, -0.05) is 0 Å². The van der Waals surface area contributed by atoms with Gasteiger partial charge >= 0.3 is 6.09 Å². The molecule has 1 aliphatic heterocycles. The number of carbonyl (C=O) groups excluding carboxylic acids is 1. The third kappa shape index (κ3) is 3.00. The molecule has 2 aromatic rings. The second-order valence-corrected chi connectivity index (χ2v) is 5.29. The predicted molar refractivity (Wildman–Crippen MR) is 81.0 cm³/mol. The van der Waals surface area contributed by atoms with Crippen molar-refractivity contribution in [3.8, 4) is 17.2 Å². The van der Waals surface area contributed by atoms with Gasteiger partial charge in [-0.3, -0.25) is 4.90 Å². The van der Waals surface area contributed by atoms with E-state index in [1.54, 1.807) is 14.0 Å². The molecule has 122 valence electrons. The van der Waals surface area contributed by atoms with Crippen LogP contribution >= 0.6 is 0 Å². The van der Waals surface area contributed by atoms with E-state index >= 15 is 0 Å². The van der Waals surface area contributed by atoms with Gasteiger partial charge in [0, 0.05) is 5.56 Å². The number of aliphatic hydroxyl groups is 1. The van der Waals surface area contributed by atoms with Crippen LogP contribution in [0.5, 0.6) is 5.75 Å². The topological polar surface area (TPSA) is 85.0 Å². The number of hydrogen-bond donors (Lipinski definition) is 1. The number of aryl methyl sites for hydroxylation is 1. The maximum Gasteiger partial charge on any atom is 0.410 e. The minimum absolute atomic E-state index is 0.145. The van der Waals surface area contributed by atoms with E-state index in [0.717, 1.165) is 11.3 Å². The smallest absolute Gasteiger partial charge is 0.410 e. The lowest BCUT2D eigenvalue weighted by Gasteiger charge is -2.18. The van der Waals surface area contributed by atoms with Gasteiger partial charge in [0.15, 0.2) is 0 Å². The number of cyclic esters (lactones) is 1. The number of aliphatic hydroxyl groups excluding tert-OH is 1. The standard InChI is InChI=1S/C16H18N2O5/c1-10-14(7-18-12(8-19)9-22-16(18)20)17-15(23-10)11-3-5-13(21-2)6-4-11/h3-6,12,19H,7-9H2,1-2H3/t12-/m1/s1. The third-order valence-corrected chi connectivity index (χ3v) is 3.83. The van der Waals surface area contributed by atoms with Crippen LogP contribution in [0.25, 0.3) is 11.5 Å². The fourth-order valence-electron chi connectivity index (χ4n) is 2.43. The van der Waals surface area contributed by atoms with Crippen LogP contribution in [0.2, 0.25) is 0 Å². The Bertz CT molecular complexity index is 695. The Balaban J connectivity index is 1.81. The highest BCUT2D eigenvalue weighted by atomic mass is 16.6. The molecule has 1 atom stereocenters. The van der Waals surface area contributed by atoms with E-state index in [-0.39, 0.29) is 25.8 Å². The summed E-state index contributed by atoms with van der Waals surface area (Å²) in [6.45, 7) is 2.09. The summed E-state index contributed by atoms with van der Waals surface area (Å²) >= 11 is 0. The summed E-state index contributed by atoms with van der Waals surface area (Å²) in [5, 5.41) is 9.30. The maximum absolute atomic E-state index is 11.7. The fourth-order valence-corrected chi connectivity index (χ4v) is 2.43. The Morgan fingerprint density at radius 1 is 1.39 bits per heavy atom. The van der Waals surface area contributed by atoms with Crippen LogP contribution in [-0.4, -0.2) is 47.4 Å². The summed E-state index contributed by atoms with van der Waals surface area (Å²) in [6.07, 6.45) is -0.447. The average molecular weight is 318 g/mol. The molecule has 0 radical (unpaired) electrons. The predicted octanol–water partition coefficient (Wildman–Crippen LogP) is 1.97. The van der Waals surface area contributed by atoms with Gasteiger partial charge in [0.2, 0.25) is 5.89 Å². The van der Waals surface area contributed by atoms with Crippen LogP contribution in [0.1, 0.15) is 11.5 Å². The molecule has 1 amide bonds. The van der Waals surface area contributed by atoms with Crippen LogP contribution in [-0.2, 0) is 11.3 Å². The number of hydrogen-bond acceptors (Lipinski definition) is 6. The number of rotatable bonds is 5. The van der Waals surface area contributed by atoms with Gasteiger partial charge < -0.3 is 19.0 Å². The monoisotopic (exact) mass is 318 g/mol. The quantitative estimate of drug-likeness (QED) is 0.907. The first kappa shape index (κ1) is 15.4. The van der Waals surface area contributed by atoms with Crippen molar-refractivity contribution in [1.29, 1.82) is 0 Å². The molecule has 1 aliphatic rings. The summed E-state index contributed by atoms with van der Waals surface area (Å²) in [7, 11) is 1.61. The number of benzene rings is 1. The minimum Gasteiger partial charge on any atom is -0.497 e. The van der Waals surface area contributed by atoms with Crippen molar-refractivity contribution in [2.24, 2.45) is 0 Å². The zero-order chi connectivity index (χ0) is 16.4. The highest BCUT2D eigenvalue weighted by Crippen LogP contribution is 2.25. The molecule has 1 aromatic heterocycles. The van der Waals surface area contributed by atoms with Crippen LogP contribution in [0.15, 0.2) is 28.7 Å². The van der Waals surface area contributed by atoms with Crippen molar-refractivity contribution in [3.63, 3.8) is 0 Å². The first-order valence-electron chi connectivity index (χ1n) is 7.27. The van der Waals surface area contributed by atoms with E-state index in [1.165, 1.54) is 4.90 Å². The van der Waals surface area contributed by atoms with Crippen LogP contribution in [0.3, 0.4) is 0 Å². The number of aromatic nitrogens is 1. The van der Waals surface area contributed by atoms with Crippen LogP contribution < -0.4 is 4.74 Å². The highest BCUT2D eigenvalue weighted by molar-refractivity contribution is 5.70. The first-order chi connectivity index (χ1) is 11.1. The Morgan fingerprint density at radius 3 is 2.78 bits per heavy atom. The van der Waals surface area contributed by atoms with Crippen molar-refractivity contribution in [2.45, 2.75) is 19.5 Å². The van der Waals surface area contributed by atoms with Gasteiger partial charge in [-0.15, -0.1) is 0 Å². The number of nitrogens with zero attached hydrogens (tertiary/aromatic N) is 2. The molecule has 7 nitrogen and oxygen atoms in total. The van der Waals surface area contributed by atoms with E-state index in [9.17, 15) is 9.90 Å². The Hall–Kier alpha value is -2.54. The lowest BCUT2D eigenvalue weighted by molar-refractivity contribution is 0.150. The lowest BCUT2D eigenvalue weighted by atomic mass is 10.2. The molecule has 3 rings (SSSR count). The Kier molecular flexibility index (Phi) is 4.20. The largest absolute Gasteiger partial charge is 0.497 e. The molecule has 1 fully saturated rings. The molecule has 1 saturated heterocycles. The number of oxazole rings is 1. The summed E-state index contributed by atoms with van der Waals surface area (Å²) in [5.74, 6) is 1.86. The summed E-state index contributed by atoms with van der Waals surface area (Å²) < 4.78 is 15.8. The second kappa shape index (κ2) is 6.29. The molecular weight excluding hydrogens is 300 g/mol. The molecule has 0 saturated carbocycles. The molecule has 23 heavy (non-hydrogen) atoms. The third-order valence-electron chi connectivity index (χ3n) is 3.83. The summed E-state index contributed by atoms with van der Waals surface area (Å²) in [5.41, 5.74) is 1.47. The molecule has 0 unspecified atom stereocenters. The van der Waals surface area contributed by atoms with E-state index in [1.807, 2.05) is 24.3 Å². The van der Waals surface area contributed by atoms with Crippen molar-refractivity contribution in [2.75, 3.05) is 20.3 Å². The number of carbonyl (C=O) groups is 1. The summed E-state index contributed by atoms with van der Waals surface area (Å²) in [4.78, 5) is 17.7. The molecular formula is C16H18N2O5. The molecule has 1 N–H and O–H groups in total. The van der Waals surface area contributed by atoms with Gasteiger partial charge in [0.1, 0.15) is 23.8 Å². The highest BCUT2D eigenvalue weighted by Gasteiger charge is 2.33. The maximum atomic E-state index is 11.7. The molecule has 1 aromatic carbocycles. The zero-order valence-electron chi connectivity index (χ0n) is 13.0. The van der Waals surface area contributed by atoms with Gasteiger partial charge in [-0.2, -0.15) is 0 Å². The molecule has 0 spiro atoms. The van der Waals surface area contributed by atoms with Gasteiger partial charge in [-0.05, 0) is 31.2 Å². The summed E-state index contributed by atoms with van der Waals surface area (Å²) in [6, 6.07) is 7.02. The zero-order valence-corrected chi connectivity index (χ0v) is 13.0. The van der Waals surface area contributed by atoms with Crippen molar-refractivity contribution >= 4 is 6.09 Å². The van der Waals surface area contributed by atoms with Gasteiger partial charge in [-0.25, -0.2) is 9.78 Å². The average Bonchev–Trinajstić information content (AvgIpc) is 3.11. The minimum atomic E-state index is -0.447. The van der Waals surface area contributed by atoms with E-state index in [2.05, 4.69) is 4.98 Å². The SMILES string of the molecule is COc1ccc(-c2nc(CN3C(=O)OC[C@H]3CO)c(C)o2)cc1. The Labute approximate surface area is 133 Å². The Morgan fingerprint density at radius 2 is 2.13 bits per heavy atom. The van der Waals surface area contributed by atoms with Crippen LogP contribution in [0.4, 0.5) is 4.79 Å². The lowest BCUT2D eigenvalue weighted by Crippen LogP contribution is -2.35. The second-order valence-electron chi connectivity index (χ2n) is 5.29. The van der Waals surface area contributed by atoms with Crippen molar-refractivity contribution < 1.29 is 23.8 Å². The molecule has 7 heteroatoms. The van der Waals surface area contributed by atoms with Gasteiger partial charge in [0.05, 0.1) is 26.3 Å². The van der Waals surface area contributed by atoms with Crippen molar-refractivity contribution in [1.82, 2.24) is 9.88 Å². The normalized spacial score (nSPS) is 17.4. The van der Waals surface area contributed by atoms with E-state index < -0.39 is 6.09 Å². The molecule has 0 bridgehead atoms. The van der Waals surface area contributed by atoms with Crippen LogP contribution in [0, 0.1) is 6.92 Å². The number of methoxy groups -OCH3 is 1. The fraction of sp³-hybridized carbons (Fsp3) is 0.375. The van der Waals surface area contributed by atoms with E-state index in [4.69, 9.17) is 13.9 Å². The number of amides is 1.